The summed E-state index contributed by atoms with van der Waals surface area (Å²) in [5.41, 5.74) is 0.462. The van der Waals surface area contributed by atoms with Crippen molar-refractivity contribution in [3.05, 3.63) is 29.8 Å². The van der Waals surface area contributed by atoms with Gasteiger partial charge in [0, 0.05) is 12.1 Å². The molecule has 0 spiro atoms. The van der Waals surface area contributed by atoms with Gasteiger partial charge < -0.3 is 0 Å². The lowest BCUT2D eigenvalue weighted by atomic mass is 10.2. The van der Waals surface area contributed by atoms with Crippen LogP contribution in [0.4, 0.5) is 0 Å². The van der Waals surface area contributed by atoms with Gasteiger partial charge in [-0.15, -0.1) is 0 Å². The zero-order chi connectivity index (χ0) is 15.2. The van der Waals surface area contributed by atoms with Crippen molar-refractivity contribution in [3.8, 4) is 6.07 Å². The van der Waals surface area contributed by atoms with Gasteiger partial charge in [-0.3, -0.25) is 4.79 Å². The fourth-order valence-electron chi connectivity index (χ4n) is 1.71. The quantitative estimate of drug-likeness (QED) is 0.570. The van der Waals surface area contributed by atoms with Gasteiger partial charge in [0.05, 0.1) is 11.0 Å². The molecular weight excluding hydrogens is 276 g/mol. The monoisotopic (exact) mass is 294 g/mol. The van der Waals surface area contributed by atoms with Crippen molar-refractivity contribution in [2.45, 2.75) is 31.6 Å². The van der Waals surface area contributed by atoms with Crippen LogP contribution in [0.3, 0.4) is 0 Å². The molecule has 0 radical (unpaired) electrons. The van der Waals surface area contributed by atoms with E-state index in [0.717, 1.165) is 6.42 Å². The first-order valence-corrected chi connectivity index (χ1v) is 7.85. The smallest absolute Gasteiger partial charge is 0.244 e. The number of benzene rings is 1. The average Bonchev–Trinajstić information content (AvgIpc) is 2.43. The molecule has 0 saturated carbocycles. The number of unbranched alkanes of at least 4 members (excludes halogenated alkanes) is 1. The number of nitriles is 1. The minimum absolute atomic E-state index is 0.105. The summed E-state index contributed by atoms with van der Waals surface area (Å²) in [7, 11) is -3.68. The average molecular weight is 294 g/mol. The normalized spacial score (nSPS) is 11.3. The molecule has 0 saturated heterocycles. The second kappa shape index (κ2) is 7.17. The number of nitrogens with zero attached hydrogens (tertiary/aromatic N) is 2. The third kappa shape index (κ3) is 3.89. The number of rotatable bonds is 7. The number of carbonyl (C=O) groups excluding carboxylic acids is 1. The van der Waals surface area contributed by atoms with Gasteiger partial charge in [0.1, 0.15) is 6.54 Å². The van der Waals surface area contributed by atoms with Crippen molar-refractivity contribution in [1.82, 2.24) is 4.31 Å². The molecule has 1 aromatic rings. The van der Waals surface area contributed by atoms with Gasteiger partial charge in [-0.2, -0.15) is 9.57 Å². The molecule has 0 atom stereocenters. The van der Waals surface area contributed by atoms with E-state index in [1.54, 1.807) is 0 Å². The molecule has 1 aromatic carbocycles. The Balaban J connectivity index is 3.06. The maximum Gasteiger partial charge on any atom is 0.244 e. The van der Waals surface area contributed by atoms with Crippen LogP contribution in [0.25, 0.3) is 0 Å². The van der Waals surface area contributed by atoms with Crippen LogP contribution in [0.5, 0.6) is 0 Å². The molecule has 0 N–H and O–H groups in total. The molecule has 0 unspecified atom stereocenters. The van der Waals surface area contributed by atoms with E-state index in [2.05, 4.69) is 0 Å². The van der Waals surface area contributed by atoms with E-state index in [4.69, 9.17) is 5.26 Å². The van der Waals surface area contributed by atoms with E-state index in [9.17, 15) is 13.2 Å². The Hall–Kier alpha value is -1.71. The molecular formula is C14H18N2O3S. The van der Waals surface area contributed by atoms with Gasteiger partial charge in [-0.05, 0) is 25.5 Å². The van der Waals surface area contributed by atoms with E-state index in [1.165, 1.54) is 35.5 Å². The molecule has 1 rings (SSSR count). The first-order valence-electron chi connectivity index (χ1n) is 6.41. The number of hydrogen-bond acceptors (Lipinski definition) is 4. The zero-order valence-electron chi connectivity index (χ0n) is 11.7. The largest absolute Gasteiger partial charge is 0.295 e. The van der Waals surface area contributed by atoms with Crippen molar-refractivity contribution in [2.24, 2.45) is 0 Å². The summed E-state index contributed by atoms with van der Waals surface area (Å²) in [5.74, 6) is -0.117. The minimum Gasteiger partial charge on any atom is -0.295 e. The van der Waals surface area contributed by atoms with Crippen molar-refractivity contribution >= 4 is 15.8 Å². The summed E-state index contributed by atoms with van der Waals surface area (Å²) >= 11 is 0. The van der Waals surface area contributed by atoms with Crippen LogP contribution >= 0.6 is 0 Å². The standard InChI is InChI=1S/C14H18N2O3S/c1-3-4-10-16(11-9-15)20(18,19)14-7-5-13(6-8-14)12(2)17/h5-8H,3-4,10-11H2,1-2H3. The summed E-state index contributed by atoms with van der Waals surface area (Å²) in [5, 5.41) is 8.76. The predicted octanol–water partition coefficient (Wildman–Crippen LogP) is 2.20. The highest BCUT2D eigenvalue weighted by Crippen LogP contribution is 2.17. The molecule has 108 valence electrons. The number of hydrogen-bond donors (Lipinski definition) is 0. The van der Waals surface area contributed by atoms with Crippen LogP contribution in [-0.2, 0) is 10.0 Å². The lowest BCUT2D eigenvalue weighted by Gasteiger charge is -2.19. The molecule has 0 amide bonds. The molecule has 0 bridgehead atoms. The maximum atomic E-state index is 12.4. The van der Waals surface area contributed by atoms with Crippen LogP contribution in [0.2, 0.25) is 0 Å². The highest BCUT2D eigenvalue weighted by molar-refractivity contribution is 7.89. The van der Waals surface area contributed by atoms with Crippen LogP contribution in [0, 0.1) is 11.3 Å². The maximum absolute atomic E-state index is 12.4. The van der Waals surface area contributed by atoms with Gasteiger partial charge >= 0.3 is 0 Å². The Bertz CT molecular complexity index is 600. The molecule has 0 heterocycles. The van der Waals surface area contributed by atoms with E-state index < -0.39 is 10.0 Å². The van der Waals surface area contributed by atoms with E-state index in [1.807, 2.05) is 13.0 Å². The highest BCUT2D eigenvalue weighted by Gasteiger charge is 2.23. The lowest BCUT2D eigenvalue weighted by molar-refractivity contribution is 0.101. The van der Waals surface area contributed by atoms with Gasteiger partial charge in [0.2, 0.25) is 10.0 Å². The number of ketones is 1. The second-order valence-corrected chi connectivity index (χ2v) is 6.37. The van der Waals surface area contributed by atoms with E-state index in [-0.39, 0.29) is 17.2 Å². The van der Waals surface area contributed by atoms with E-state index >= 15 is 0 Å². The molecule has 20 heavy (non-hydrogen) atoms. The third-order valence-corrected chi connectivity index (χ3v) is 4.77. The first kappa shape index (κ1) is 16.3. The second-order valence-electron chi connectivity index (χ2n) is 4.43. The molecule has 0 aliphatic heterocycles. The Morgan fingerprint density at radius 3 is 2.35 bits per heavy atom. The molecule has 5 nitrogen and oxygen atoms in total. The summed E-state index contributed by atoms with van der Waals surface area (Å²) in [6.07, 6.45) is 1.55. The zero-order valence-corrected chi connectivity index (χ0v) is 12.5. The van der Waals surface area contributed by atoms with Crippen molar-refractivity contribution in [3.63, 3.8) is 0 Å². The number of sulfonamides is 1. The Kier molecular flexibility index (Phi) is 5.86. The van der Waals surface area contributed by atoms with Crippen LogP contribution < -0.4 is 0 Å². The van der Waals surface area contributed by atoms with E-state index in [0.29, 0.717) is 18.5 Å². The predicted molar refractivity (Wildman–Crippen MR) is 75.7 cm³/mol. The van der Waals surface area contributed by atoms with Gasteiger partial charge in [-0.1, -0.05) is 25.5 Å². The van der Waals surface area contributed by atoms with Crippen LogP contribution in [0.15, 0.2) is 29.2 Å². The SMILES string of the molecule is CCCCN(CC#N)S(=O)(=O)c1ccc(C(C)=O)cc1. The molecule has 0 aliphatic rings. The molecule has 0 fully saturated rings. The summed E-state index contributed by atoms with van der Waals surface area (Å²) in [6, 6.07) is 7.66. The number of carbonyl (C=O) groups is 1. The van der Waals surface area contributed by atoms with Crippen LogP contribution in [0.1, 0.15) is 37.0 Å². The van der Waals surface area contributed by atoms with Gasteiger partial charge in [0.15, 0.2) is 5.78 Å². The summed E-state index contributed by atoms with van der Waals surface area (Å²) in [4.78, 5) is 11.3. The van der Waals surface area contributed by atoms with Gasteiger partial charge in [-0.25, -0.2) is 8.42 Å². The van der Waals surface area contributed by atoms with Crippen molar-refractivity contribution in [1.29, 1.82) is 5.26 Å². The van der Waals surface area contributed by atoms with Crippen molar-refractivity contribution < 1.29 is 13.2 Å². The minimum atomic E-state index is -3.68. The van der Waals surface area contributed by atoms with Crippen molar-refractivity contribution in [2.75, 3.05) is 13.1 Å². The summed E-state index contributed by atoms with van der Waals surface area (Å²) in [6.45, 7) is 3.53. The fourth-order valence-corrected chi connectivity index (χ4v) is 3.08. The number of Topliss-reactive ketones (excluding diaryl/α,β-unsaturated/α-hetero) is 1. The lowest BCUT2D eigenvalue weighted by Crippen LogP contribution is -2.32. The fraction of sp³-hybridized carbons (Fsp3) is 0.429. The molecule has 0 aromatic heterocycles. The van der Waals surface area contributed by atoms with Gasteiger partial charge in [0.25, 0.3) is 0 Å². The third-order valence-electron chi connectivity index (χ3n) is 2.91. The molecule has 6 heteroatoms. The van der Waals surface area contributed by atoms with Crippen LogP contribution in [-0.4, -0.2) is 31.6 Å². The highest BCUT2D eigenvalue weighted by atomic mass is 32.2. The Morgan fingerprint density at radius 1 is 1.30 bits per heavy atom. The Morgan fingerprint density at radius 2 is 1.90 bits per heavy atom. The summed E-state index contributed by atoms with van der Waals surface area (Å²) < 4.78 is 26.0. The topological polar surface area (TPSA) is 78.2 Å². The first-order chi connectivity index (χ1) is 9.43. The molecule has 0 aliphatic carbocycles. The Labute approximate surface area is 119 Å².